The third-order valence-electron chi connectivity index (χ3n) is 4.54. The first-order chi connectivity index (χ1) is 14.9. The van der Waals surface area contributed by atoms with E-state index in [4.69, 9.17) is 16.3 Å². The van der Waals surface area contributed by atoms with Crippen molar-refractivity contribution in [3.63, 3.8) is 0 Å². The van der Waals surface area contributed by atoms with Gasteiger partial charge < -0.3 is 10.1 Å². The number of benzene rings is 3. The van der Waals surface area contributed by atoms with Crippen LogP contribution >= 0.6 is 50.1 Å². The lowest BCUT2D eigenvalue weighted by Gasteiger charge is -2.11. The highest BCUT2D eigenvalue weighted by molar-refractivity contribution is 14.1. The summed E-state index contributed by atoms with van der Waals surface area (Å²) in [4.78, 5) is 26.1. The molecule has 8 heteroatoms. The summed E-state index contributed by atoms with van der Waals surface area (Å²) in [5.41, 5.74) is 2.46. The molecule has 0 atom stereocenters. The van der Waals surface area contributed by atoms with Crippen molar-refractivity contribution in [2.24, 2.45) is 0 Å². The van der Waals surface area contributed by atoms with Crippen molar-refractivity contribution in [2.45, 2.75) is 6.61 Å². The molecular formula is C23H15BrClIN2O3. The largest absolute Gasteiger partial charge is 0.488 e. The maximum absolute atomic E-state index is 12.7. The van der Waals surface area contributed by atoms with Crippen molar-refractivity contribution < 1.29 is 14.3 Å². The minimum atomic E-state index is -0.505. The highest BCUT2D eigenvalue weighted by Crippen LogP contribution is 2.29. The van der Waals surface area contributed by atoms with Gasteiger partial charge in [-0.1, -0.05) is 29.8 Å². The molecule has 1 saturated heterocycles. The van der Waals surface area contributed by atoms with Gasteiger partial charge in [-0.05, 0) is 104 Å². The Morgan fingerprint density at radius 3 is 2.42 bits per heavy atom. The first kappa shape index (κ1) is 21.9. The molecule has 1 N–H and O–H groups in total. The average Bonchev–Trinajstić information content (AvgIpc) is 3.02. The molecule has 1 fully saturated rings. The number of carbonyl (C=O) groups excluding carboxylic acids is 2. The van der Waals surface area contributed by atoms with Crippen LogP contribution in [0.1, 0.15) is 11.1 Å². The number of nitrogens with zero attached hydrogens (tertiary/aromatic N) is 1. The molecule has 0 spiro atoms. The Morgan fingerprint density at radius 2 is 1.74 bits per heavy atom. The lowest BCUT2D eigenvalue weighted by molar-refractivity contribution is -0.113. The Balaban J connectivity index is 1.49. The van der Waals surface area contributed by atoms with Gasteiger partial charge in [0.1, 0.15) is 18.1 Å². The van der Waals surface area contributed by atoms with Crippen LogP contribution in [0.4, 0.5) is 10.5 Å². The molecule has 31 heavy (non-hydrogen) atoms. The van der Waals surface area contributed by atoms with Gasteiger partial charge in [0, 0.05) is 8.59 Å². The number of carbonyl (C=O) groups is 2. The lowest BCUT2D eigenvalue weighted by atomic mass is 10.1. The SMILES string of the molecule is O=C1N/C(=C/c2ccc(OCc3ccc(I)cc3)c(Br)c2)C(=O)N1c1ccc(Cl)cc1. The van der Waals surface area contributed by atoms with Gasteiger partial charge in [-0.3, -0.25) is 4.79 Å². The number of urea groups is 1. The van der Waals surface area contributed by atoms with Crippen LogP contribution in [0.5, 0.6) is 5.75 Å². The van der Waals surface area contributed by atoms with E-state index in [2.05, 4.69) is 43.8 Å². The Morgan fingerprint density at radius 1 is 1.03 bits per heavy atom. The van der Waals surface area contributed by atoms with Crippen LogP contribution in [-0.4, -0.2) is 11.9 Å². The van der Waals surface area contributed by atoms with E-state index < -0.39 is 11.9 Å². The van der Waals surface area contributed by atoms with Crippen molar-refractivity contribution in [3.8, 4) is 5.75 Å². The lowest BCUT2D eigenvalue weighted by Crippen LogP contribution is -2.30. The van der Waals surface area contributed by atoms with Crippen molar-refractivity contribution in [1.82, 2.24) is 5.32 Å². The fourth-order valence-electron chi connectivity index (χ4n) is 2.99. The number of anilines is 1. The number of nitrogens with one attached hydrogen (secondary N) is 1. The molecule has 3 aromatic carbocycles. The minimum Gasteiger partial charge on any atom is -0.488 e. The van der Waals surface area contributed by atoms with Crippen molar-refractivity contribution >= 4 is 73.8 Å². The molecular weight excluding hydrogens is 595 g/mol. The minimum absolute atomic E-state index is 0.194. The molecule has 3 amide bonds. The zero-order chi connectivity index (χ0) is 22.0. The van der Waals surface area contributed by atoms with Gasteiger partial charge in [0.05, 0.1) is 10.2 Å². The van der Waals surface area contributed by atoms with E-state index in [0.29, 0.717) is 23.1 Å². The van der Waals surface area contributed by atoms with Gasteiger partial charge in [0.2, 0.25) is 0 Å². The molecule has 0 aromatic heterocycles. The number of rotatable bonds is 5. The number of hydrogen-bond donors (Lipinski definition) is 1. The molecule has 0 aliphatic carbocycles. The number of ether oxygens (including phenoxy) is 1. The van der Waals surface area contributed by atoms with Crippen LogP contribution in [0.15, 0.2) is 76.9 Å². The van der Waals surface area contributed by atoms with Gasteiger partial charge in [-0.2, -0.15) is 0 Å². The quantitative estimate of drug-likeness (QED) is 0.208. The molecule has 1 heterocycles. The Hall–Kier alpha value is -2.36. The van der Waals surface area contributed by atoms with Crippen LogP contribution in [0.25, 0.3) is 6.08 Å². The summed E-state index contributed by atoms with van der Waals surface area (Å²) < 4.78 is 7.80. The van der Waals surface area contributed by atoms with Crippen molar-refractivity contribution in [1.29, 1.82) is 0 Å². The smallest absolute Gasteiger partial charge is 0.333 e. The summed E-state index contributed by atoms with van der Waals surface area (Å²) in [5.74, 6) is 0.257. The van der Waals surface area contributed by atoms with Crippen LogP contribution in [0.3, 0.4) is 0 Å². The average molecular weight is 610 g/mol. The van der Waals surface area contributed by atoms with Gasteiger partial charge in [-0.25, -0.2) is 9.69 Å². The van der Waals surface area contributed by atoms with Crippen LogP contribution in [0, 0.1) is 3.57 Å². The topological polar surface area (TPSA) is 58.6 Å². The second-order valence-electron chi connectivity index (χ2n) is 6.71. The fourth-order valence-corrected chi connectivity index (χ4v) is 3.99. The predicted octanol–water partition coefficient (Wildman–Crippen LogP) is 6.38. The summed E-state index contributed by atoms with van der Waals surface area (Å²) in [6, 6.07) is 19.6. The van der Waals surface area contributed by atoms with Crippen molar-refractivity contribution in [3.05, 3.63) is 96.6 Å². The highest BCUT2D eigenvalue weighted by Gasteiger charge is 2.34. The third kappa shape index (κ3) is 5.11. The Labute approximate surface area is 206 Å². The predicted molar refractivity (Wildman–Crippen MR) is 133 cm³/mol. The number of halogens is 3. The zero-order valence-electron chi connectivity index (χ0n) is 15.9. The second-order valence-corrected chi connectivity index (χ2v) is 9.25. The van der Waals surface area contributed by atoms with E-state index in [1.54, 1.807) is 30.3 Å². The first-order valence-corrected chi connectivity index (χ1v) is 11.5. The molecule has 4 rings (SSSR count). The number of hydrogen-bond acceptors (Lipinski definition) is 3. The first-order valence-electron chi connectivity index (χ1n) is 9.20. The van der Waals surface area contributed by atoms with E-state index in [0.717, 1.165) is 20.5 Å². The Bertz CT molecular complexity index is 1180. The molecule has 5 nitrogen and oxygen atoms in total. The van der Waals surface area contributed by atoms with E-state index in [9.17, 15) is 9.59 Å². The standard InChI is InChI=1S/C23H15BrClIN2O3/c24-19-11-15(3-10-21(19)31-13-14-1-6-17(26)7-2-14)12-20-22(29)28(23(30)27-20)18-8-4-16(25)5-9-18/h1-12H,13H2,(H,27,30)/b20-12+. The molecule has 1 aliphatic rings. The maximum Gasteiger partial charge on any atom is 0.333 e. The zero-order valence-corrected chi connectivity index (χ0v) is 20.4. The summed E-state index contributed by atoms with van der Waals surface area (Å²) in [6.07, 6.45) is 1.63. The van der Waals surface area contributed by atoms with Gasteiger partial charge in [0.15, 0.2) is 0 Å². The summed E-state index contributed by atoms with van der Waals surface area (Å²) in [5, 5.41) is 3.15. The van der Waals surface area contributed by atoms with E-state index in [-0.39, 0.29) is 5.70 Å². The summed E-state index contributed by atoms with van der Waals surface area (Å²) in [7, 11) is 0. The van der Waals surface area contributed by atoms with Crippen molar-refractivity contribution in [2.75, 3.05) is 4.90 Å². The molecule has 0 unspecified atom stereocenters. The van der Waals surface area contributed by atoms with Crippen LogP contribution < -0.4 is 15.0 Å². The van der Waals surface area contributed by atoms with Gasteiger partial charge >= 0.3 is 6.03 Å². The molecule has 0 radical (unpaired) electrons. The van der Waals surface area contributed by atoms with Gasteiger partial charge in [-0.15, -0.1) is 0 Å². The van der Waals surface area contributed by atoms with Gasteiger partial charge in [0.25, 0.3) is 5.91 Å². The fraction of sp³-hybridized carbons (Fsp3) is 0.0435. The molecule has 0 bridgehead atoms. The van der Waals surface area contributed by atoms with E-state index in [1.807, 2.05) is 42.5 Å². The van der Waals surface area contributed by atoms with Crippen LogP contribution in [0.2, 0.25) is 5.02 Å². The number of imide groups is 1. The monoisotopic (exact) mass is 608 g/mol. The van der Waals surface area contributed by atoms with Crippen LogP contribution in [-0.2, 0) is 11.4 Å². The summed E-state index contributed by atoms with van der Waals surface area (Å²) in [6.45, 7) is 0.445. The van der Waals surface area contributed by atoms with E-state index >= 15 is 0 Å². The third-order valence-corrected chi connectivity index (χ3v) is 6.13. The molecule has 0 saturated carbocycles. The highest BCUT2D eigenvalue weighted by atomic mass is 127. The second kappa shape index (κ2) is 9.42. The molecule has 3 aromatic rings. The van der Waals surface area contributed by atoms with E-state index in [1.165, 1.54) is 3.57 Å². The number of amides is 3. The molecule has 156 valence electrons. The Kier molecular flexibility index (Phi) is 6.64. The normalized spacial score (nSPS) is 14.8. The maximum atomic E-state index is 12.7. The summed E-state index contributed by atoms with van der Waals surface area (Å²) >= 11 is 11.7. The molecule has 1 aliphatic heterocycles.